The Morgan fingerprint density at radius 1 is 1.04 bits per heavy atom. The van der Waals surface area contributed by atoms with Crippen LogP contribution in [0.5, 0.6) is 5.75 Å². The molecule has 3 aromatic rings. The largest absolute Gasteiger partial charge is 0.497 e. The molecule has 2 N–H and O–H groups in total. The van der Waals surface area contributed by atoms with E-state index in [-0.39, 0.29) is 11.6 Å². The second kappa shape index (κ2) is 7.43. The average Bonchev–Trinajstić information content (AvgIpc) is 2.68. The van der Waals surface area contributed by atoms with Crippen molar-refractivity contribution in [2.24, 2.45) is 0 Å². The van der Waals surface area contributed by atoms with Crippen LogP contribution in [-0.4, -0.2) is 34.0 Å². The molecule has 0 spiro atoms. The Hall–Kier alpha value is -3.75. The average molecular weight is 352 g/mol. The van der Waals surface area contributed by atoms with Gasteiger partial charge in [-0.2, -0.15) is 15.0 Å². The summed E-state index contributed by atoms with van der Waals surface area (Å²) in [6, 6.07) is 13.4. The summed E-state index contributed by atoms with van der Waals surface area (Å²) in [7, 11) is 3.28. The quantitative estimate of drug-likeness (QED) is 0.513. The standard InChI is InChI=1S/C17H16N6O3/c1-18-16-20-15(11-5-3-8-14(9-11)26-2)21-17(22-16)19-12-6-4-7-13(10-12)23(24)25/h3-10H,1-2H3,(H2,18,19,20,21,22). The highest BCUT2D eigenvalue weighted by atomic mass is 16.6. The molecule has 0 saturated carbocycles. The third kappa shape index (κ3) is 3.83. The topological polar surface area (TPSA) is 115 Å². The first-order valence-corrected chi connectivity index (χ1v) is 7.69. The Labute approximate surface area is 149 Å². The van der Waals surface area contributed by atoms with E-state index in [9.17, 15) is 10.1 Å². The number of hydrogen-bond donors (Lipinski definition) is 2. The van der Waals surface area contributed by atoms with Crippen LogP contribution in [0.2, 0.25) is 0 Å². The van der Waals surface area contributed by atoms with Crippen LogP contribution in [0.15, 0.2) is 48.5 Å². The molecule has 0 amide bonds. The highest BCUT2D eigenvalue weighted by Gasteiger charge is 2.11. The number of nitro groups is 1. The lowest BCUT2D eigenvalue weighted by Crippen LogP contribution is -2.05. The number of hydrogen-bond acceptors (Lipinski definition) is 8. The van der Waals surface area contributed by atoms with Crippen molar-refractivity contribution in [3.8, 4) is 17.1 Å². The molecule has 0 unspecified atom stereocenters. The van der Waals surface area contributed by atoms with Crippen LogP contribution < -0.4 is 15.4 Å². The molecule has 0 aliphatic rings. The van der Waals surface area contributed by atoms with Crippen molar-refractivity contribution in [2.75, 3.05) is 24.8 Å². The number of anilines is 3. The number of rotatable bonds is 6. The van der Waals surface area contributed by atoms with E-state index in [0.29, 0.717) is 23.2 Å². The van der Waals surface area contributed by atoms with Crippen molar-refractivity contribution in [1.29, 1.82) is 0 Å². The first-order chi connectivity index (χ1) is 12.6. The van der Waals surface area contributed by atoms with E-state index in [0.717, 1.165) is 5.56 Å². The summed E-state index contributed by atoms with van der Waals surface area (Å²) in [5.74, 6) is 1.76. The summed E-state index contributed by atoms with van der Waals surface area (Å²) in [6.07, 6.45) is 0. The van der Waals surface area contributed by atoms with Crippen molar-refractivity contribution >= 4 is 23.3 Å². The molecule has 0 aliphatic heterocycles. The minimum absolute atomic E-state index is 0.0223. The van der Waals surface area contributed by atoms with Crippen LogP contribution in [0.1, 0.15) is 0 Å². The second-order valence-corrected chi connectivity index (χ2v) is 5.22. The fraction of sp³-hybridized carbons (Fsp3) is 0.118. The Balaban J connectivity index is 1.97. The van der Waals surface area contributed by atoms with Gasteiger partial charge in [0.05, 0.1) is 12.0 Å². The van der Waals surface area contributed by atoms with Gasteiger partial charge in [0.2, 0.25) is 11.9 Å². The van der Waals surface area contributed by atoms with Gasteiger partial charge in [-0.3, -0.25) is 10.1 Å². The molecule has 2 aromatic carbocycles. The normalized spacial score (nSPS) is 10.2. The van der Waals surface area contributed by atoms with Gasteiger partial charge >= 0.3 is 0 Å². The zero-order chi connectivity index (χ0) is 18.5. The third-order valence-corrected chi connectivity index (χ3v) is 3.50. The van der Waals surface area contributed by atoms with Crippen LogP contribution in [0.25, 0.3) is 11.4 Å². The number of benzene rings is 2. The SMILES string of the molecule is CNc1nc(Nc2cccc([N+](=O)[O-])c2)nc(-c2cccc(OC)c2)n1. The number of nitrogens with one attached hydrogen (secondary N) is 2. The molecule has 0 bridgehead atoms. The van der Waals surface area contributed by atoms with Crippen molar-refractivity contribution in [1.82, 2.24) is 15.0 Å². The van der Waals surface area contributed by atoms with Gasteiger partial charge in [0.1, 0.15) is 5.75 Å². The van der Waals surface area contributed by atoms with E-state index in [2.05, 4.69) is 25.6 Å². The summed E-state index contributed by atoms with van der Waals surface area (Å²) in [5, 5.41) is 16.8. The lowest BCUT2D eigenvalue weighted by molar-refractivity contribution is -0.384. The van der Waals surface area contributed by atoms with Gasteiger partial charge in [0.25, 0.3) is 5.69 Å². The van der Waals surface area contributed by atoms with Crippen molar-refractivity contribution in [3.05, 3.63) is 58.6 Å². The molecule has 1 heterocycles. The first kappa shape index (κ1) is 17.1. The predicted octanol–water partition coefficient (Wildman–Crippen LogP) is 3.24. The van der Waals surface area contributed by atoms with Gasteiger partial charge in [0, 0.05) is 30.4 Å². The van der Waals surface area contributed by atoms with Crippen LogP contribution in [0.3, 0.4) is 0 Å². The van der Waals surface area contributed by atoms with E-state index in [1.807, 2.05) is 24.3 Å². The van der Waals surface area contributed by atoms with Crippen LogP contribution in [0, 0.1) is 10.1 Å². The first-order valence-electron chi connectivity index (χ1n) is 7.69. The number of aromatic nitrogens is 3. The minimum atomic E-state index is -0.459. The highest BCUT2D eigenvalue weighted by Crippen LogP contribution is 2.24. The van der Waals surface area contributed by atoms with Gasteiger partial charge in [-0.05, 0) is 18.2 Å². The zero-order valence-electron chi connectivity index (χ0n) is 14.1. The van der Waals surface area contributed by atoms with E-state index in [1.165, 1.54) is 12.1 Å². The Bertz CT molecular complexity index is 947. The van der Waals surface area contributed by atoms with Crippen molar-refractivity contribution in [2.45, 2.75) is 0 Å². The maximum atomic E-state index is 10.9. The predicted molar refractivity (Wildman–Crippen MR) is 97.7 cm³/mol. The Morgan fingerprint density at radius 2 is 1.81 bits per heavy atom. The van der Waals surface area contributed by atoms with Crippen LogP contribution in [0.4, 0.5) is 23.3 Å². The molecule has 9 heteroatoms. The molecular weight excluding hydrogens is 336 g/mol. The summed E-state index contributed by atoms with van der Waals surface area (Å²) < 4.78 is 5.23. The molecular formula is C17H16N6O3. The number of ether oxygens (including phenoxy) is 1. The summed E-state index contributed by atoms with van der Waals surface area (Å²) in [5.41, 5.74) is 1.24. The lowest BCUT2D eigenvalue weighted by atomic mass is 10.2. The zero-order valence-corrected chi connectivity index (χ0v) is 14.1. The van der Waals surface area contributed by atoms with Crippen LogP contribution in [-0.2, 0) is 0 Å². The molecule has 3 rings (SSSR count). The molecule has 0 fully saturated rings. The van der Waals surface area contributed by atoms with E-state index in [4.69, 9.17) is 4.74 Å². The maximum Gasteiger partial charge on any atom is 0.271 e. The van der Waals surface area contributed by atoms with Gasteiger partial charge in [-0.25, -0.2) is 0 Å². The lowest BCUT2D eigenvalue weighted by Gasteiger charge is -2.09. The van der Waals surface area contributed by atoms with E-state index in [1.54, 1.807) is 26.3 Å². The fourth-order valence-corrected chi connectivity index (χ4v) is 2.26. The van der Waals surface area contributed by atoms with Crippen LogP contribution >= 0.6 is 0 Å². The number of non-ortho nitro benzene ring substituents is 1. The minimum Gasteiger partial charge on any atom is -0.497 e. The van der Waals surface area contributed by atoms with Gasteiger partial charge in [-0.1, -0.05) is 18.2 Å². The highest BCUT2D eigenvalue weighted by molar-refractivity contribution is 5.63. The Kier molecular flexibility index (Phi) is 4.88. The number of nitro benzene ring substituents is 1. The third-order valence-electron chi connectivity index (χ3n) is 3.50. The monoisotopic (exact) mass is 352 g/mol. The molecule has 0 aliphatic carbocycles. The Morgan fingerprint density at radius 3 is 2.54 bits per heavy atom. The molecule has 0 radical (unpaired) electrons. The van der Waals surface area contributed by atoms with Gasteiger partial charge in [-0.15, -0.1) is 0 Å². The molecule has 0 atom stereocenters. The molecule has 1 aromatic heterocycles. The van der Waals surface area contributed by atoms with Crippen molar-refractivity contribution in [3.63, 3.8) is 0 Å². The molecule has 132 valence electrons. The fourth-order valence-electron chi connectivity index (χ4n) is 2.26. The summed E-state index contributed by atoms with van der Waals surface area (Å²) in [4.78, 5) is 23.5. The summed E-state index contributed by atoms with van der Waals surface area (Å²) in [6.45, 7) is 0. The molecule has 26 heavy (non-hydrogen) atoms. The number of methoxy groups -OCH3 is 1. The van der Waals surface area contributed by atoms with Gasteiger partial charge < -0.3 is 15.4 Å². The summed E-state index contributed by atoms with van der Waals surface area (Å²) >= 11 is 0. The van der Waals surface area contributed by atoms with Gasteiger partial charge in [0.15, 0.2) is 5.82 Å². The number of nitrogens with zero attached hydrogens (tertiary/aromatic N) is 4. The second-order valence-electron chi connectivity index (χ2n) is 5.22. The smallest absolute Gasteiger partial charge is 0.271 e. The maximum absolute atomic E-state index is 10.9. The molecule has 9 nitrogen and oxygen atoms in total. The van der Waals surface area contributed by atoms with E-state index >= 15 is 0 Å². The molecule has 0 saturated heterocycles. The van der Waals surface area contributed by atoms with E-state index < -0.39 is 4.92 Å². The van der Waals surface area contributed by atoms with Crippen molar-refractivity contribution < 1.29 is 9.66 Å².